The Bertz CT molecular complexity index is 290. The minimum Gasteiger partial charge on any atom is -0.378 e. The summed E-state index contributed by atoms with van der Waals surface area (Å²) in [5.74, 6) is 0. The fraction of sp³-hybridized carbons (Fsp3) is 1.00. The van der Waals surface area contributed by atoms with E-state index >= 15 is 0 Å². The summed E-state index contributed by atoms with van der Waals surface area (Å²) in [6.45, 7) is 17.2. The van der Waals surface area contributed by atoms with Gasteiger partial charge in [-0.3, -0.25) is 9.80 Å². The SMILES string of the molecule is CC(C)(C)N1CCOCC1CC(C)(C)N1CCCC1. The highest BCUT2D eigenvalue weighted by atomic mass is 16.5. The van der Waals surface area contributed by atoms with Crippen molar-refractivity contribution in [1.82, 2.24) is 9.80 Å². The third-order valence-electron chi connectivity index (χ3n) is 4.79. The van der Waals surface area contributed by atoms with Gasteiger partial charge < -0.3 is 4.74 Å². The fourth-order valence-electron chi connectivity index (χ4n) is 3.74. The molecule has 0 aromatic rings. The maximum atomic E-state index is 5.76. The van der Waals surface area contributed by atoms with Crippen LogP contribution in [-0.2, 0) is 4.74 Å². The standard InChI is InChI=1S/C16H32N2O/c1-15(2,3)18-10-11-19-13-14(18)12-16(4,5)17-8-6-7-9-17/h14H,6-13H2,1-5H3. The Morgan fingerprint density at radius 2 is 1.63 bits per heavy atom. The van der Waals surface area contributed by atoms with Crippen LogP contribution in [0.1, 0.15) is 53.9 Å². The molecule has 2 aliphatic rings. The molecular weight excluding hydrogens is 236 g/mol. The van der Waals surface area contributed by atoms with E-state index in [0.717, 1.165) is 19.8 Å². The highest BCUT2D eigenvalue weighted by Gasteiger charge is 2.38. The second-order valence-corrected chi connectivity index (χ2v) is 7.80. The lowest BCUT2D eigenvalue weighted by Crippen LogP contribution is -2.58. The Hall–Kier alpha value is -0.120. The van der Waals surface area contributed by atoms with E-state index in [0.29, 0.717) is 11.6 Å². The number of hydrogen-bond acceptors (Lipinski definition) is 3. The van der Waals surface area contributed by atoms with Crippen LogP contribution < -0.4 is 0 Å². The molecule has 0 N–H and O–H groups in total. The topological polar surface area (TPSA) is 15.7 Å². The maximum Gasteiger partial charge on any atom is 0.0623 e. The van der Waals surface area contributed by atoms with Gasteiger partial charge in [-0.15, -0.1) is 0 Å². The minimum absolute atomic E-state index is 0.246. The van der Waals surface area contributed by atoms with Gasteiger partial charge >= 0.3 is 0 Å². The molecular formula is C16H32N2O. The summed E-state index contributed by atoms with van der Waals surface area (Å²) in [5.41, 5.74) is 0.543. The molecule has 0 spiro atoms. The number of morpholine rings is 1. The summed E-state index contributed by atoms with van der Waals surface area (Å²) in [7, 11) is 0. The van der Waals surface area contributed by atoms with Crippen LogP contribution in [-0.4, -0.2) is 59.8 Å². The zero-order valence-corrected chi connectivity index (χ0v) is 13.5. The summed E-state index contributed by atoms with van der Waals surface area (Å²) < 4.78 is 5.76. The van der Waals surface area contributed by atoms with E-state index in [1.54, 1.807) is 0 Å². The van der Waals surface area contributed by atoms with Crippen molar-refractivity contribution in [3.8, 4) is 0 Å². The van der Waals surface area contributed by atoms with E-state index in [1.807, 2.05) is 0 Å². The Kier molecular flexibility index (Phi) is 4.59. The van der Waals surface area contributed by atoms with Gasteiger partial charge in [0.2, 0.25) is 0 Å². The van der Waals surface area contributed by atoms with E-state index in [-0.39, 0.29) is 5.54 Å². The zero-order chi connectivity index (χ0) is 14.1. The van der Waals surface area contributed by atoms with E-state index < -0.39 is 0 Å². The number of nitrogens with zero attached hydrogens (tertiary/aromatic N) is 2. The molecule has 2 aliphatic heterocycles. The molecule has 0 aromatic carbocycles. The fourth-order valence-corrected chi connectivity index (χ4v) is 3.74. The molecule has 2 fully saturated rings. The van der Waals surface area contributed by atoms with E-state index in [2.05, 4.69) is 44.4 Å². The van der Waals surface area contributed by atoms with Gasteiger partial charge in [0.25, 0.3) is 0 Å². The van der Waals surface area contributed by atoms with Gasteiger partial charge in [-0.1, -0.05) is 0 Å². The van der Waals surface area contributed by atoms with Crippen molar-refractivity contribution in [2.24, 2.45) is 0 Å². The second-order valence-electron chi connectivity index (χ2n) is 7.80. The minimum atomic E-state index is 0.246. The Balaban J connectivity index is 2.02. The second kappa shape index (κ2) is 5.71. The molecule has 0 radical (unpaired) electrons. The van der Waals surface area contributed by atoms with Gasteiger partial charge in [0.05, 0.1) is 13.2 Å². The largest absolute Gasteiger partial charge is 0.378 e. The maximum absolute atomic E-state index is 5.76. The van der Waals surface area contributed by atoms with Gasteiger partial charge in [0, 0.05) is 23.7 Å². The van der Waals surface area contributed by atoms with Crippen molar-refractivity contribution in [2.45, 2.75) is 71.0 Å². The Morgan fingerprint density at radius 3 is 2.21 bits per heavy atom. The molecule has 1 atom stereocenters. The zero-order valence-electron chi connectivity index (χ0n) is 13.5. The summed E-state index contributed by atoms with van der Waals surface area (Å²) in [5, 5.41) is 0. The molecule has 3 heteroatoms. The summed E-state index contributed by atoms with van der Waals surface area (Å²) >= 11 is 0. The van der Waals surface area contributed by atoms with Crippen molar-refractivity contribution in [3.63, 3.8) is 0 Å². The van der Waals surface area contributed by atoms with Crippen LogP contribution in [0.25, 0.3) is 0 Å². The van der Waals surface area contributed by atoms with Crippen LogP contribution >= 0.6 is 0 Å². The average Bonchev–Trinajstić information content (AvgIpc) is 2.81. The third kappa shape index (κ3) is 3.71. The number of hydrogen-bond donors (Lipinski definition) is 0. The van der Waals surface area contributed by atoms with Crippen LogP contribution in [0.2, 0.25) is 0 Å². The molecule has 112 valence electrons. The lowest BCUT2D eigenvalue weighted by Gasteiger charge is -2.48. The molecule has 19 heavy (non-hydrogen) atoms. The molecule has 1 unspecified atom stereocenters. The molecule has 2 heterocycles. The van der Waals surface area contributed by atoms with Gasteiger partial charge in [-0.2, -0.15) is 0 Å². The van der Waals surface area contributed by atoms with Crippen LogP contribution in [0.4, 0.5) is 0 Å². The lowest BCUT2D eigenvalue weighted by molar-refractivity contribution is -0.0661. The van der Waals surface area contributed by atoms with Gasteiger partial charge in [-0.25, -0.2) is 0 Å². The normalized spacial score (nSPS) is 27.9. The Labute approximate surface area is 119 Å². The molecule has 0 aromatic heterocycles. The molecule has 0 bridgehead atoms. The third-order valence-corrected chi connectivity index (χ3v) is 4.79. The average molecular weight is 268 g/mol. The van der Waals surface area contributed by atoms with E-state index in [1.165, 1.54) is 32.4 Å². The summed E-state index contributed by atoms with van der Waals surface area (Å²) in [4.78, 5) is 5.32. The van der Waals surface area contributed by atoms with Crippen LogP contribution in [0.3, 0.4) is 0 Å². The van der Waals surface area contributed by atoms with E-state index in [9.17, 15) is 0 Å². The van der Waals surface area contributed by atoms with Crippen molar-refractivity contribution in [1.29, 1.82) is 0 Å². The monoisotopic (exact) mass is 268 g/mol. The molecule has 0 saturated carbocycles. The quantitative estimate of drug-likeness (QED) is 0.783. The predicted octanol–water partition coefficient (Wildman–Crippen LogP) is 2.75. The van der Waals surface area contributed by atoms with Gasteiger partial charge in [0.15, 0.2) is 0 Å². The van der Waals surface area contributed by atoms with Crippen LogP contribution in [0, 0.1) is 0 Å². The van der Waals surface area contributed by atoms with Gasteiger partial charge in [-0.05, 0) is 67.0 Å². The summed E-state index contributed by atoms with van der Waals surface area (Å²) in [6, 6.07) is 0.560. The summed E-state index contributed by atoms with van der Waals surface area (Å²) in [6.07, 6.45) is 3.95. The molecule has 3 nitrogen and oxygen atoms in total. The number of rotatable bonds is 3. The van der Waals surface area contributed by atoms with Gasteiger partial charge in [0.1, 0.15) is 0 Å². The first kappa shape index (κ1) is 15.3. The number of likely N-dealkylation sites (tertiary alicyclic amines) is 1. The first-order valence-corrected chi connectivity index (χ1v) is 7.90. The van der Waals surface area contributed by atoms with Crippen molar-refractivity contribution < 1.29 is 4.74 Å². The Morgan fingerprint density at radius 1 is 1.00 bits per heavy atom. The molecule has 0 amide bonds. The first-order chi connectivity index (χ1) is 8.81. The molecule has 2 saturated heterocycles. The lowest BCUT2D eigenvalue weighted by atomic mass is 9.90. The molecule has 0 aliphatic carbocycles. The predicted molar refractivity (Wildman–Crippen MR) is 80.6 cm³/mol. The van der Waals surface area contributed by atoms with Crippen LogP contribution in [0.5, 0.6) is 0 Å². The highest BCUT2D eigenvalue weighted by molar-refractivity contribution is 4.93. The van der Waals surface area contributed by atoms with E-state index in [4.69, 9.17) is 4.74 Å². The molecule has 2 rings (SSSR count). The highest BCUT2D eigenvalue weighted by Crippen LogP contribution is 2.30. The number of ether oxygens (including phenoxy) is 1. The van der Waals surface area contributed by atoms with Crippen molar-refractivity contribution in [3.05, 3.63) is 0 Å². The smallest absolute Gasteiger partial charge is 0.0623 e. The van der Waals surface area contributed by atoms with Crippen LogP contribution in [0.15, 0.2) is 0 Å². The first-order valence-electron chi connectivity index (χ1n) is 7.90. The van der Waals surface area contributed by atoms with Crippen molar-refractivity contribution in [2.75, 3.05) is 32.8 Å². The van der Waals surface area contributed by atoms with Crippen molar-refractivity contribution >= 4 is 0 Å².